The van der Waals surface area contributed by atoms with Crippen molar-refractivity contribution in [2.45, 2.75) is 64.0 Å². The Morgan fingerprint density at radius 3 is 2.59 bits per heavy atom. The van der Waals surface area contributed by atoms with Gasteiger partial charge in [-0.3, -0.25) is 4.90 Å². The summed E-state index contributed by atoms with van der Waals surface area (Å²) in [4.78, 5) is 12.0. The minimum atomic E-state index is -0.162. The highest BCUT2D eigenvalue weighted by atomic mass is 16.5. The highest BCUT2D eigenvalue weighted by Crippen LogP contribution is 2.38. The van der Waals surface area contributed by atoms with E-state index in [-0.39, 0.29) is 6.10 Å². The maximum Gasteiger partial charge on any atom is 0.223 e. The molecule has 1 aliphatic carbocycles. The zero-order chi connectivity index (χ0) is 23.3. The Hall–Kier alpha value is -2.48. The molecule has 2 aliphatic rings. The molecule has 0 bridgehead atoms. The largest absolute Gasteiger partial charge is 0.393 e. The number of aliphatic hydroxyl groups is 1. The highest BCUT2D eigenvalue weighted by molar-refractivity contribution is 5.82. The van der Waals surface area contributed by atoms with Gasteiger partial charge in [0.2, 0.25) is 5.95 Å². The van der Waals surface area contributed by atoms with E-state index < -0.39 is 0 Å². The molecule has 1 saturated carbocycles. The van der Waals surface area contributed by atoms with Gasteiger partial charge in [-0.05, 0) is 61.3 Å². The van der Waals surface area contributed by atoms with Crippen LogP contribution >= 0.6 is 0 Å². The smallest absolute Gasteiger partial charge is 0.223 e. The van der Waals surface area contributed by atoms with Crippen LogP contribution in [-0.2, 0) is 11.3 Å². The van der Waals surface area contributed by atoms with Gasteiger partial charge in [-0.15, -0.1) is 0 Å². The molecule has 0 spiro atoms. The molecular weight excluding hydrogens is 426 g/mol. The molecule has 5 rings (SSSR count). The third-order valence-electron chi connectivity index (χ3n) is 7.24. The fourth-order valence-electron chi connectivity index (χ4n) is 5.17. The lowest BCUT2D eigenvalue weighted by Gasteiger charge is -2.26. The number of aliphatic hydroxyl groups excluding tert-OH is 1. The van der Waals surface area contributed by atoms with Crippen molar-refractivity contribution in [3.8, 4) is 5.69 Å². The van der Waals surface area contributed by atoms with E-state index in [2.05, 4.69) is 57.2 Å². The Balaban J connectivity index is 1.43. The first-order valence-corrected chi connectivity index (χ1v) is 12.9. The number of nitrogens with one attached hydrogen (secondary N) is 1. The molecule has 3 aromatic rings. The average Bonchev–Trinajstić information content (AvgIpc) is 3.25. The molecule has 1 aromatic carbocycles. The molecule has 1 aliphatic heterocycles. The van der Waals surface area contributed by atoms with Crippen LogP contribution in [0.1, 0.15) is 62.5 Å². The highest BCUT2D eigenvalue weighted by Gasteiger charge is 2.25. The molecule has 0 unspecified atom stereocenters. The van der Waals surface area contributed by atoms with Gasteiger partial charge in [-0.25, -0.2) is 9.97 Å². The summed E-state index contributed by atoms with van der Waals surface area (Å²) in [7, 11) is 0. The topological polar surface area (TPSA) is 75.4 Å². The van der Waals surface area contributed by atoms with Crippen molar-refractivity contribution in [2.75, 3.05) is 38.2 Å². The zero-order valence-electron chi connectivity index (χ0n) is 20.2. The minimum Gasteiger partial charge on any atom is -0.393 e. The van der Waals surface area contributed by atoms with Gasteiger partial charge < -0.3 is 19.7 Å². The Bertz CT molecular complexity index is 1070. The third-order valence-corrected chi connectivity index (χ3v) is 7.24. The van der Waals surface area contributed by atoms with E-state index in [0.717, 1.165) is 94.6 Å². The predicted molar refractivity (Wildman–Crippen MR) is 136 cm³/mol. The van der Waals surface area contributed by atoms with Crippen molar-refractivity contribution in [1.29, 1.82) is 0 Å². The maximum absolute atomic E-state index is 10.0. The van der Waals surface area contributed by atoms with Crippen LogP contribution in [0.25, 0.3) is 16.7 Å². The fraction of sp³-hybridized carbons (Fsp3) is 0.556. The lowest BCUT2D eigenvalue weighted by Crippen LogP contribution is -2.35. The van der Waals surface area contributed by atoms with E-state index in [4.69, 9.17) is 9.72 Å². The minimum absolute atomic E-state index is 0.162. The van der Waals surface area contributed by atoms with Crippen molar-refractivity contribution >= 4 is 17.0 Å². The Labute approximate surface area is 202 Å². The number of benzene rings is 1. The molecule has 7 nitrogen and oxygen atoms in total. The van der Waals surface area contributed by atoms with Crippen molar-refractivity contribution in [3.05, 3.63) is 47.8 Å². The van der Waals surface area contributed by atoms with Gasteiger partial charge >= 0.3 is 0 Å². The van der Waals surface area contributed by atoms with Gasteiger partial charge in [0.25, 0.3) is 0 Å². The van der Waals surface area contributed by atoms with E-state index >= 15 is 0 Å². The van der Waals surface area contributed by atoms with Gasteiger partial charge in [-0.2, -0.15) is 0 Å². The van der Waals surface area contributed by atoms with Crippen LogP contribution in [-0.4, -0.2) is 63.5 Å². The lowest BCUT2D eigenvalue weighted by molar-refractivity contribution is 0.0342. The number of nitrogens with zero attached hydrogens (tertiary/aromatic N) is 4. The molecular formula is C27H37N5O2. The van der Waals surface area contributed by atoms with E-state index in [1.54, 1.807) is 0 Å². The molecule has 0 amide bonds. The van der Waals surface area contributed by atoms with Gasteiger partial charge in [-0.1, -0.05) is 25.5 Å². The van der Waals surface area contributed by atoms with Gasteiger partial charge in [0.05, 0.1) is 36.5 Å². The van der Waals surface area contributed by atoms with E-state index in [9.17, 15) is 5.11 Å². The average molecular weight is 464 g/mol. The summed E-state index contributed by atoms with van der Waals surface area (Å²) in [5.74, 6) is 1.13. The van der Waals surface area contributed by atoms with Crippen LogP contribution in [0, 0.1) is 0 Å². The van der Waals surface area contributed by atoms with E-state index in [1.807, 2.05) is 6.20 Å². The van der Waals surface area contributed by atoms with Crippen LogP contribution in [0.15, 0.2) is 36.7 Å². The first-order chi connectivity index (χ1) is 16.7. The van der Waals surface area contributed by atoms with E-state index in [1.165, 1.54) is 11.1 Å². The summed E-state index contributed by atoms with van der Waals surface area (Å²) in [6.07, 6.45) is 10.0. The summed E-state index contributed by atoms with van der Waals surface area (Å²) in [6, 6.07) is 8.87. The van der Waals surface area contributed by atoms with Crippen molar-refractivity contribution < 1.29 is 9.84 Å². The maximum atomic E-state index is 10.0. The second kappa shape index (κ2) is 10.8. The molecule has 2 aromatic heterocycles. The molecule has 2 fully saturated rings. The molecule has 182 valence electrons. The monoisotopic (exact) mass is 463 g/mol. The van der Waals surface area contributed by atoms with E-state index in [0.29, 0.717) is 11.9 Å². The molecule has 2 N–H and O–H groups in total. The summed E-state index contributed by atoms with van der Waals surface area (Å²) < 4.78 is 7.71. The number of morpholine rings is 1. The molecule has 3 heterocycles. The van der Waals surface area contributed by atoms with Crippen LogP contribution in [0.4, 0.5) is 5.95 Å². The predicted octanol–water partition coefficient (Wildman–Crippen LogP) is 4.48. The van der Waals surface area contributed by atoms with Gasteiger partial charge in [0, 0.05) is 38.1 Å². The van der Waals surface area contributed by atoms with Gasteiger partial charge in [0.15, 0.2) is 0 Å². The van der Waals surface area contributed by atoms with Crippen molar-refractivity contribution in [1.82, 2.24) is 19.4 Å². The molecule has 1 saturated heterocycles. The summed E-state index contributed by atoms with van der Waals surface area (Å²) in [5, 5.41) is 13.4. The normalized spacial score (nSPS) is 21.7. The fourth-order valence-corrected chi connectivity index (χ4v) is 5.17. The van der Waals surface area contributed by atoms with Gasteiger partial charge in [0.1, 0.15) is 0 Å². The molecule has 0 atom stereocenters. The molecule has 7 heteroatoms. The summed E-state index contributed by atoms with van der Waals surface area (Å²) in [5.41, 5.74) is 5.81. The number of hydrogen-bond acceptors (Lipinski definition) is 6. The number of ether oxygens (including phenoxy) is 1. The second-order valence-corrected chi connectivity index (χ2v) is 9.72. The summed E-state index contributed by atoms with van der Waals surface area (Å²) >= 11 is 0. The first kappa shape index (κ1) is 23.3. The Morgan fingerprint density at radius 1 is 1.09 bits per heavy atom. The van der Waals surface area contributed by atoms with Crippen LogP contribution in [0.2, 0.25) is 0 Å². The van der Waals surface area contributed by atoms with Crippen molar-refractivity contribution in [3.63, 3.8) is 0 Å². The van der Waals surface area contributed by atoms with Crippen LogP contribution in [0.3, 0.4) is 0 Å². The quantitative estimate of drug-likeness (QED) is 0.480. The summed E-state index contributed by atoms with van der Waals surface area (Å²) in [6.45, 7) is 7.67. The molecule has 34 heavy (non-hydrogen) atoms. The number of anilines is 1. The number of rotatable bonds is 8. The number of fused-ring (bicyclic) bond motifs is 1. The number of aromatic nitrogens is 3. The third kappa shape index (κ3) is 5.27. The van der Waals surface area contributed by atoms with Crippen LogP contribution in [0.5, 0.6) is 0 Å². The Kier molecular flexibility index (Phi) is 7.42. The second-order valence-electron chi connectivity index (χ2n) is 9.72. The number of hydrogen-bond donors (Lipinski definition) is 2. The zero-order valence-corrected chi connectivity index (χ0v) is 20.2. The number of unbranched alkanes of at least 4 members (excludes halogenated alkanes) is 1. The van der Waals surface area contributed by atoms with Crippen molar-refractivity contribution in [2.24, 2.45) is 0 Å². The lowest BCUT2D eigenvalue weighted by atomic mass is 9.83. The SMILES string of the molecule is CCCCNc1ncc2c(n1)c([C@H]1CC[C@H](O)CC1)cn2-c1ccc(CN2CCOCC2)cc1. The Morgan fingerprint density at radius 2 is 1.85 bits per heavy atom. The van der Waals surface area contributed by atoms with Crippen LogP contribution < -0.4 is 5.32 Å². The first-order valence-electron chi connectivity index (χ1n) is 12.9. The standard InChI is InChI=1S/C27H37N5O2/c1-2-3-12-28-27-29-17-25-26(30-27)24(21-6-10-23(33)11-7-21)19-32(25)22-8-4-20(5-9-22)18-31-13-15-34-16-14-31/h4-5,8-9,17,19,21,23,33H,2-3,6-7,10-16,18H2,1H3,(H,28,29,30)/t21-,23-. The molecule has 0 radical (unpaired) electrons.